The Morgan fingerprint density at radius 1 is 0.950 bits per heavy atom. The maximum absolute atomic E-state index is 14.1. The summed E-state index contributed by atoms with van der Waals surface area (Å²) in [5.41, 5.74) is 3.19. The van der Waals surface area contributed by atoms with Crippen molar-refractivity contribution in [3.05, 3.63) is 95.1 Å². The molecule has 1 heterocycles. The lowest BCUT2D eigenvalue weighted by atomic mass is 9.91. The van der Waals surface area contributed by atoms with Crippen LogP contribution in [0.2, 0.25) is 0 Å². The molecule has 2 atom stereocenters. The van der Waals surface area contributed by atoms with E-state index in [1.807, 2.05) is 66.7 Å². The average molecular weight is 546 g/mol. The number of rotatable bonds is 9. The minimum atomic E-state index is -1.10. The van der Waals surface area contributed by atoms with E-state index in [9.17, 15) is 19.8 Å². The molecule has 3 aromatic rings. The molecule has 5 rings (SSSR count). The van der Waals surface area contributed by atoms with E-state index in [0.29, 0.717) is 49.4 Å². The van der Waals surface area contributed by atoms with E-state index >= 15 is 0 Å². The fourth-order valence-corrected chi connectivity index (χ4v) is 5.55. The van der Waals surface area contributed by atoms with Gasteiger partial charge in [0.2, 0.25) is 0 Å². The number of carbonyl (C=O) groups is 2. The molecular weight excluding hydrogens is 510 g/mol. The number of hydrogen-bond acceptors (Lipinski definition) is 6. The molecule has 8 nitrogen and oxygen atoms in total. The van der Waals surface area contributed by atoms with Crippen molar-refractivity contribution < 1.29 is 34.0 Å². The molecule has 2 aliphatic rings. The topological polar surface area (TPSA) is 106 Å². The van der Waals surface area contributed by atoms with E-state index in [1.165, 1.54) is 4.90 Å². The lowest BCUT2D eigenvalue weighted by Crippen LogP contribution is -2.51. The largest absolute Gasteiger partial charge is 0.493 e. The van der Waals surface area contributed by atoms with Crippen molar-refractivity contribution in [2.75, 3.05) is 7.11 Å². The van der Waals surface area contributed by atoms with E-state index in [4.69, 9.17) is 14.2 Å². The molecule has 0 spiro atoms. The number of aliphatic hydroxyl groups excluding tert-OH is 1. The van der Waals surface area contributed by atoms with Gasteiger partial charge in [0, 0.05) is 18.5 Å². The van der Waals surface area contributed by atoms with Crippen LogP contribution in [-0.4, -0.2) is 52.3 Å². The minimum Gasteiger partial charge on any atom is -0.493 e. The third kappa shape index (κ3) is 6.13. The molecule has 0 saturated heterocycles. The van der Waals surface area contributed by atoms with Crippen LogP contribution < -0.4 is 9.47 Å². The van der Waals surface area contributed by atoms with Crippen molar-refractivity contribution in [3.8, 4) is 11.5 Å². The van der Waals surface area contributed by atoms with Crippen LogP contribution in [0.3, 0.4) is 0 Å². The summed E-state index contributed by atoms with van der Waals surface area (Å²) in [5.74, 6) is -0.469. The molecule has 0 aromatic heterocycles. The Morgan fingerprint density at radius 2 is 1.62 bits per heavy atom. The summed E-state index contributed by atoms with van der Waals surface area (Å²) in [6.07, 6.45) is 1.10. The van der Waals surface area contributed by atoms with E-state index < -0.39 is 24.0 Å². The lowest BCUT2D eigenvalue weighted by molar-refractivity contribution is -0.161. The van der Waals surface area contributed by atoms with Gasteiger partial charge >= 0.3 is 5.97 Å². The van der Waals surface area contributed by atoms with Gasteiger partial charge in [0.1, 0.15) is 12.6 Å². The molecule has 1 unspecified atom stereocenters. The second kappa shape index (κ2) is 12.5. The van der Waals surface area contributed by atoms with Gasteiger partial charge in [-0.25, -0.2) is 4.79 Å². The summed E-state index contributed by atoms with van der Waals surface area (Å²) in [5, 5.41) is 20.2. The molecule has 1 amide bonds. The number of carbonyl (C=O) groups excluding carboxylic acids is 1. The Labute approximate surface area is 234 Å². The van der Waals surface area contributed by atoms with Crippen LogP contribution in [0.4, 0.5) is 0 Å². The number of ether oxygens (including phenoxy) is 3. The Morgan fingerprint density at radius 3 is 2.27 bits per heavy atom. The fraction of sp³-hybridized carbons (Fsp3) is 0.375. The standard InChI is InChI=1S/C32H35NO7/c1-38-28-17-12-23-19-33(27(32(36)37)18-26(23)30(28)39-20-21-8-4-2-5-9-21)31(35)29(22-10-6-3-7-11-22)40-25-15-13-24(34)14-16-25/h2-12,17,24-25,27,29,34H,13-16,18-20H2,1H3,(H,36,37)/t24-,25+,27-,29?/m0/s1. The van der Waals surface area contributed by atoms with Crippen LogP contribution >= 0.6 is 0 Å². The molecule has 0 radical (unpaired) electrons. The van der Waals surface area contributed by atoms with Gasteiger partial charge in [0.05, 0.1) is 19.3 Å². The number of carboxylic acid groups (broad SMARTS) is 1. The van der Waals surface area contributed by atoms with Crippen LogP contribution in [0, 0.1) is 0 Å². The van der Waals surface area contributed by atoms with Crippen LogP contribution in [-0.2, 0) is 33.9 Å². The second-order valence-corrected chi connectivity index (χ2v) is 10.4. The lowest BCUT2D eigenvalue weighted by Gasteiger charge is -2.38. The van der Waals surface area contributed by atoms with Crippen molar-refractivity contribution in [1.82, 2.24) is 4.90 Å². The predicted molar refractivity (Wildman–Crippen MR) is 148 cm³/mol. The molecule has 1 aliphatic carbocycles. The van der Waals surface area contributed by atoms with Crippen molar-refractivity contribution >= 4 is 11.9 Å². The zero-order valence-electron chi connectivity index (χ0n) is 22.6. The molecule has 8 heteroatoms. The van der Waals surface area contributed by atoms with E-state index in [1.54, 1.807) is 13.2 Å². The summed E-state index contributed by atoms with van der Waals surface area (Å²) in [6, 6.07) is 21.5. The zero-order valence-corrected chi connectivity index (χ0v) is 22.6. The summed E-state index contributed by atoms with van der Waals surface area (Å²) in [4.78, 5) is 28.1. The molecule has 210 valence electrons. The molecule has 1 fully saturated rings. The van der Waals surface area contributed by atoms with Gasteiger partial charge in [-0.2, -0.15) is 0 Å². The van der Waals surface area contributed by atoms with Gasteiger partial charge in [0.15, 0.2) is 17.6 Å². The number of aliphatic carboxylic acids is 1. The average Bonchev–Trinajstić information content (AvgIpc) is 2.99. The summed E-state index contributed by atoms with van der Waals surface area (Å²) < 4.78 is 18.1. The number of nitrogens with zero attached hydrogens (tertiary/aromatic N) is 1. The summed E-state index contributed by atoms with van der Waals surface area (Å²) in [7, 11) is 1.55. The maximum atomic E-state index is 14.1. The van der Waals surface area contributed by atoms with Crippen molar-refractivity contribution in [2.24, 2.45) is 0 Å². The van der Waals surface area contributed by atoms with Crippen molar-refractivity contribution in [2.45, 2.75) is 69.6 Å². The van der Waals surface area contributed by atoms with Gasteiger partial charge in [0.25, 0.3) is 5.91 Å². The molecule has 0 bridgehead atoms. The van der Waals surface area contributed by atoms with Crippen molar-refractivity contribution in [3.63, 3.8) is 0 Å². The number of aliphatic hydroxyl groups is 1. The smallest absolute Gasteiger partial charge is 0.326 e. The number of carboxylic acids is 1. The van der Waals surface area contributed by atoms with Gasteiger partial charge in [-0.15, -0.1) is 0 Å². The van der Waals surface area contributed by atoms with E-state index in [-0.39, 0.29) is 25.2 Å². The minimum absolute atomic E-state index is 0.0782. The third-order valence-corrected chi connectivity index (χ3v) is 7.75. The van der Waals surface area contributed by atoms with E-state index in [0.717, 1.165) is 16.7 Å². The first-order valence-corrected chi connectivity index (χ1v) is 13.7. The van der Waals surface area contributed by atoms with Crippen LogP contribution in [0.25, 0.3) is 0 Å². The van der Waals surface area contributed by atoms with Crippen LogP contribution in [0.15, 0.2) is 72.8 Å². The number of amides is 1. The van der Waals surface area contributed by atoms with E-state index in [2.05, 4.69) is 0 Å². The highest BCUT2D eigenvalue weighted by Crippen LogP contribution is 2.40. The van der Waals surface area contributed by atoms with Gasteiger partial charge in [-0.3, -0.25) is 4.79 Å². The summed E-state index contributed by atoms with van der Waals surface area (Å²) >= 11 is 0. The molecule has 1 aliphatic heterocycles. The highest BCUT2D eigenvalue weighted by Gasteiger charge is 2.41. The van der Waals surface area contributed by atoms with Crippen LogP contribution in [0.1, 0.15) is 54.0 Å². The number of fused-ring (bicyclic) bond motifs is 1. The highest BCUT2D eigenvalue weighted by atomic mass is 16.5. The van der Waals surface area contributed by atoms with Gasteiger partial charge < -0.3 is 29.3 Å². The van der Waals surface area contributed by atoms with Crippen LogP contribution in [0.5, 0.6) is 11.5 Å². The molecular formula is C32H35NO7. The monoisotopic (exact) mass is 545 g/mol. The molecule has 2 N–H and O–H groups in total. The Kier molecular flexibility index (Phi) is 8.67. The first kappa shape index (κ1) is 27.7. The number of benzene rings is 3. The Balaban J connectivity index is 1.44. The van der Waals surface area contributed by atoms with Crippen molar-refractivity contribution in [1.29, 1.82) is 0 Å². The SMILES string of the molecule is COc1ccc2c(c1OCc1ccccc1)C[C@@H](C(=O)O)N(C(=O)C(O[C@H]1CC[C@@H](O)CC1)c1ccccc1)C2. The molecule has 40 heavy (non-hydrogen) atoms. The fourth-order valence-electron chi connectivity index (χ4n) is 5.55. The summed E-state index contributed by atoms with van der Waals surface area (Å²) in [6.45, 7) is 0.404. The first-order valence-electron chi connectivity index (χ1n) is 13.7. The molecule has 3 aromatic carbocycles. The first-order chi connectivity index (χ1) is 19.4. The van der Waals surface area contributed by atoms with Gasteiger partial charge in [-0.1, -0.05) is 66.7 Å². The second-order valence-electron chi connectivity index (χ2n) is 10.4. The number of hydrogen-bond donors (Lipinski definition) is 2. The zero-order chi connectivity index (χ0) is 28.1. The Hall–Kier alpha value is -3.88. The molecule has 1 saturated carbocycles. The Bertz CT molecular complexity index is 1310. The normalized spacial score (nSPS) is 21.2. The number of methoxy groups -OCH3 is 1. The predicted octanol–water partition coefficient (Wildman–Crippen LogP) is 4.67. The highest BCUT2D eigenvalue weighted by molar-refractivity contribution is 5.88. The van der Waals surface area contributed by atoms with Gasteiger partial charge in [-0.05, 0) is 48.4 Å². The third-order valence-electron chi connectivity index (χ3n) is 7.75. The maximum Gasteiger partial charge on any atom is 0.326 e. The quantitative estimate of drug-likeness (QED) is 0.402.